The Morgan fingerprint density at radius 3 is 2.52 bits per heavy atom. The van der Waals surface area contributed by atoms with Crippen LogP contribution in [0, 0.1) is 5.41 Å². The number of aromatic nitrogens is 3. The van der Waals surface area contributed by atoms with E-state index in [-0.39, 0.29) is 0 Å². The van der Waals surface area contributed by atoms with E-state index in [0.717, 1.165) is 13.1 Å². The van der Waals surface area contributed by atoms with Gasteiger partial charge in [0.2, 0.25) is 0 Å². The average Bonchev–Trinajstić information content (AvgIpc) is 3.03. The third-order valence-electron chi connectivity index (χ3n) is 4.66. The summed E-state index contributed by atoms with van der Waals surface area (Å²) in [6.45, 7) is 8.65. The van der Waals surface area contributed by atoms with Gasteiger partial charge in [-0.2, -0.15) is 5.10 Å². The Hall–Kier alpha value is -1.84. The Balaban J connectivity index is 2.01. The van der Waals surface area contributed by atoms with Gasteiger partial charge in [0, 0.05) is 12.2 Å². The van der Waals surface area contributed by atoms with E-state index in [4.69, 9.17) is 0 Å². The highest BCUT2D eigenvalue weighted by Gasteiger charge is 2.23. The second kappa shape index (κ2) is 7.25. The second-order valence-electron chi connectivity index (χ2n) is 5.71. The summed E-state index contributed by atoms with van der Waals surface area (Å²) in [4.78, 5) is 3.98. The van der Waals surface area contributed by atoms with Crippen LogP contribution in [-0.4, -0.2) is 21.3 Å². The van der Waals surface area contributed by atoms with Crippen LogP contribution in [0.5, 0.6) is 0 Å². The molecule has 4 nitrogen and oxygen atoms in total. The van der Waals surface area contributed by atoms with Gasteiger partial charge in [-0.15, -0.1) is 0 Å². The minimum Gasteiger partial charge on any atom is -0.384 e. The fourth-order valence-corrected chi connectivity index (χ4v) is 2.70. The summed E-state index contributed by atoms with van der Waals surface area (Å²) in [5, 5.41) is 7.76. The van der Waals surface area contributed by atoms with Crippen LogP contribution in [-0.2, 0) is 6.54 Å². The molecule has 0 saturated heterocycles. The van der Waals surface area contributed by atoms with Crippen LogP contribution < -0.4 is 5.32 Å². The lowest BCUT2D eigenvalue weighted by Gasteiger charge is -2.31. The first kappa shape index (κ1) is 15.5. The molecule has 1 aromatic carbocycles. The van der Waals surface area contributed by atoms with Crippen molar-refractivity contribution in [3.05, 3.63) is 42.5 Å². The molecule has 0 aliphatic rings. The molecule has 0 fully saturated rings. The predicted molar refractivity (Wildman–Crippen MR) is 87.4 cm³/mol. The van der Waals surface area contributed by atoms with Crippen LogP contribution >= 0.6 is 0 Å². The molecule has 0 bridgehead atoms. The van der Waals surface area contributed by atoms with Crippen LogP contribution in [0.4, 0.5) is 5.69 Å². The molecule has 0 atom stereocenters. The third kappa shape index (κ3) is 4.06. The molecule has 0 unspecified atom stereocenters. The molecule has 2 aromatic rings. The van der Waals surface area contributed by atoms with Crippen molar-refractivity contribution >= 4 is 5.69 Å². The summed E-state index contributed by atoms with van der Waals surface area (Å²) < 4.78 is 1.84. The normalized spacial score (nSPS) is 11.6. The molecule has 114 valence electrons. The summed E-state index contributed by atoms with van der Waals surface area (Å²) in [7, 11) is 0. The van der Waals surface area contributed by atoms with Crippen molar-refractivity contribution in [2.24, 2.45) is 5.41 Å². The monoisotopic (exact) mass is 286 g/mol. The number of nitrogens with one attached hydrogen (secondary N) is 1. The van der Waals surface area contributed by atoms with Crippen LogP contribution in [0.15, 0.2) is 36.9 Å². The molecular formula is C17H26N4. The molecule has 0 saturated carbocycles. The first-order chi connectivity index (χ1) is 10.2. The zero-order valence-electron chi connectivity index (χ0n) is 13.3. The number of anilines is 1. The highest BCUT2D eigenvalue weighted by molar-refractivity contribution is 5.46. The van der Waals surface area contributed by atoms with Crippen molar-refractivity contribution < 1.29 is 0 Å². The van der Waals surface area contributed by atoms with Gasteiger partial charge in [0.1, 0.15) is 12.7 Å². The van der Waals surface area contributed by atoms with E-state index in [2.05, 4.69) is 60.4 Å². The molecule has 1 N–H and O–H groups in total. The van der Waals surface area contributed by atoms with E-state index in [1.807, 2.05) is 4.68 Å². The Morgan fingerprint density at radius 2 is 1.90 bits per heavy atom. The fraction of sp³-hybridized carbons (Fsp3) is 0.529. The van der Waals surface area contributed by atoms with Crippen LogP contribution in [0.2, 0.25) is 0 Å². The van der Waals surface area contributed by atoms with Gasteiger partial charge in [0.05, 0.1) is 6.54 Å². The lowest BCUT2D eigenvalue weighted by Crippen LogP contribution is -2.27. The maximum atomic E-state index is 4.15. The summed E-state index contributed by atoms with van der Waals surface area (Å²) in [5.41, 5.74) is 2.83. The van der Waals surface area contributed by atoms with Gasteiger partial charge < -0.3 is 5.32 Å². The summed E-state index contributed by atoms with van der Waals surface area (Å²) in [5.74, 6) is 0. The van der Waals surface area contributed by atoms with Gasteiger partial charge in [-0.05, 0) is 42.4 Å². The van der Waals surface area contributed by atoms with Gasteiger partial charge in [0.25, 0.3) is 0 Å². The average molecular weight is 286 g/mol. The Bertz CT molecular complexity index is 521. The Kier molecular flexibility index (Phi) is 5.37. The molecule has 0 amide bonds. The maximum absolute atomic E-state index is 4.15. The lowest BCUT2D eigenvalue weighted by atomic mass is 9.80. The number of hydrogen-bond acceptors (Lipinski definition) is 3. The first-order valence-electron chi connectivity index (χ1n) is 7.86. The summed E-state index contributed by atoms with van der Waals surface area (Å²) >= 11 is 0. The molecular weight excluding hydrogens is 260 g/mol. The van der Waals surface area contributed by atoms with E-state index in [1.165, 1.54) is 30.5 Å². The minimum absolute atomic E-state index is 0.405. The number of hydrogen-bond donors (Lipinski definition) is 1. The van der Waals surface area contributed by atoms with E-state index in [0.29, 0.717) is 5.41 Å². The molecule has 21 heavy (non-hydrogen) atoms. The lowest BCUT2D eigenvalue weighted by molar-refractivity contribution is 0.271. The zero-order chi connectivity index (χ0) is 15.1. The van der Waals surface area contributed by atoms with Crippen LogP contribution in [0.1, 0.15) is 45.6 Å². The zero-order valence-corrected chi connectivity index (χ0v) is 13.3. The second-order valence-corrected chi connectivity index (χ2v) is 5.71. The molecule has 1 aromatic heterocycles. The van der Waals surface area contributed by atoms with E-state index < -0.39 is 0 Å². The maximum Gasteiger partial charge on any atom is 0.137 e. The van der Waals surface area contributed by atoms with Crippen molar-refractivity contribution in [3.63, 3.8) is 0 Å². The highest BCUT2D eigenvalue weighted by Crippen LogP contribution is 2.30. The predicted octanol–water partition coefficient (Wildman–Crippen LogP) is 3.95. The smallest absolute Gasteiger partial charge is 0.137 e. The van der Waals surface area contributed by atoms with Crippen LogP contribution in [0.25, 0.3) is 0 Å². The van der Waals surface area contributed by atoms with Gasteiger partial charge in [0.15, 0.2) is 0 Å². The molecule has 4 heteroatoms. The third-order valence-corrected chi connectivity index (χ3v) is 4.66. The van der Waals surface area contributed by atoms with Gasteiger partial charge in [-0.1, -0.05) is 32.9 Å². The number of benzene rings is 1. The van der Waals surface area contributed by atoms with E-state index in [9.17, 15) is 0 Å². The van der Waals surface area contributed by atoms with Crippen molar-refractivity contribution in [1.29, 1.82) is 0 Å². The van der Waals surface area contributed by atoms with Crippen molar-refractivity contribution in [2.75, 3.05) is 11.9 Å². The van der Waals surface area contributed by atoms with Crippen LogP contribution in [0.3, 0.4) is 0 Å². The molecule has 0 aliphatic carbocycles. The quantitative estimate of drug-likeness (QED) is 0.799. The molecule has 1 heterocycles. The van der Waals surface area contributed by atoms with Crippen molar-refractivity contribution in [1.82, 2.24) is 14.8 Å². The van der Waals surface area contributed by atoms with E-state index >= 15 is 0 Å². The molecule has 2 rings (SSSR count). The fourth-order valence-electron chi connectivity index (χ4n) is 2.70. The SMILES string of the molecule is CCC(CC)(CC)CNc1cccc(Cn2cncn2)c1. The minimum atomic E-state index is 0.405. The van der Waals surface area contributed by atoms with E-state index in [1.54, 1.807) is 12.7 Å². The molecule has 0 aliphatic heterocycles. The Morgan fingerprint density at radius 1 is 1.14 bits per heavy atom. The van der Waals surface area contributed by atoms with Crippen molar-refractivity contribution in [2.45, 2.75) is 46.6 Å². The van der Waals surface area contributed by atoms with Gasteiger partial charge in [-0.3, -0.25) is 0 Å². The molecule has 0 radical (unpaired) electrons. The molecule has 0 spiro atoms. The van der Waals surface area contributed by atoms with Gasteiger partial charge in [-0.25, -0.2) is 9.67 Å². The number of nitrogens with zero attached hydrogens (tertiary/aromatic N) is 3. The first-order valence-corrected chi connectivity index (χ1v) is 7.86. The number of rotatable bonds is 8. The topological polar surface area (TPSA) is 42.7 Å². The standard InChI is InChI=1S/C17H26N4/c1-4-17(5-2,6-3)12-19-16-9-7-8-15(10-16)11-21-14-18-13-20-21/h7-10,13-14,19H,4-6,11-12H2,1-3H3. The largest absolute Gasteiger partial charge is 0.384 e. The highest BCUT2D eigenvalue weighted by atomic mass is 15.3. The van der Waals surface area contributed by atoms with Crippen molar-refractivity contribution in [3.8, 4) is 0 Å². The Labute approximate surface area is 127 Å². The summed E-state index contributed by atoms with van der Waals surface area (Å²) in [6.07, 6.45) is 6.96. The summed E-state index contributed by atoms with van der Waals surface area (Å²) in [6, 6.07) is 8.56. The van der Waals surface area contributed by atoms with Gasteiger partial charge >= 0.3 is 0 Å².